The van der Waals surface area contributed by atoms with Crippen molar-refractivity contribution in [2.24, 2.45) is 0 Å². The Morgan fingerprint density at radius 1 is 1.21 bits per heavy atom. The van der Waals surface area contributed by atoms with Crippen LogP contribution in [0, 0.1) is 0 Å². The topological polar surface area (TPSA) is 82.1 Å². The molecule has 0 atom stereocenters. The molecule has 7 nitrogen and oxygen atoms in total. The molecular weight excluding hydrogens is 463 g/mol. The van der Waals surface area contributed by atoms with Crippen LogP contribution in [0.4, 0.5) is 13.2 Å². The Morgan fingerprint density at radius 3 is 2.64 bits per heavy atom. The summed E-state index contributed by atoms with van der Waals surface area (Å²) in [6, 6.07) is 4.13. The van der Waals surface area contributed by atoms with E-state index >= 15 is 0 Å². The fourth-order valence-electron chi connectivity index (χ4n) is 2.74. The monoisotopic (exact) mass is 473 g/mol. The third-order valence-electron chi connectivity index (χ3n) is 4.09. The largest absolute Gasteiger partial charge is 0.433 e. The number of alkyl halides is 3. The number of sulfone groups is 1. The van der Waals surface area contributed by atoms with E-state index in [0.29, 0.717) is 15.5 Å². The van der Waals surface area contributed by atoms with Gasteiger partial charge in [0.2, 0.25) is 0 Å². The van der Waals surface area contributed by atoms with Crippen molar-refractivity contribution in [3.63, 3.8) is 0 Å². The minimum Gasteiger partial charge on any atom is -0.287 e. The third kappa shape index (κ3) is 3.05. The van der Waals surface area contributed by atoms with Gasteiger partial charge in [0.1, 0.15) is 11.3 Å². The molecule has 4 aromatic rings. The lowest BCUT2D eigenvalue weighted by Crippen LogP contribution is -2.11. The van der Waals surface area contributed by atoms with Crippen LogP contribution in [0.3, 0.4) is 0 Å². The molecule has 0 fully saturated rings. The van der Waals surface area contributed by atoms with Crippen LogP contribution in [0.2, 0.25) is 0 Å². The zero-order chi connectivity index (χ0) is 20.3. The molecule has 0 aliphatic rings. The normalized spacial score (nSPS) is 12.9. The Bertz CT molecular complexity index is 1330. The van der Waals surface area contributed by atoms with Gasteiger partial charge in [-0.05, 0) is 34.1 Å². The van der Waals surface area contributed by atoms with Crippen LogP contribution in [0.25, 0.3) is 22.4 Å². The first-order valence-electron chi connectivity index (χ1n) is 7.93. The summed E-state index contributed by atoms with van der Waals surface area (Å²) < 4.78 is 67.3. The molecule has 0 radical (unpaired) electrons. The summed E-state index contributed by atoms with van der Waals surface area (Å²) in [6.07, 6.45) is -0.610. The molecular formula is C16H11BrF3N5O2S. The van der Waals surface area contributed by atoms with Crippen molar-refractivity contribution in [2.45, 2.75) is 18.1 Å². The second kappa shape index (κ2) is 6.27. The second-order valence-electron chi connectivity index (χ2n) is 5.92. The Morgan fingerprint density at radius 2 is 1.96 bits per heavy atom. The maximum absolute atomic E-state index is 12.9. The lowest BCUT2D eigenvalue weighted by Gasteiger charge is -2.05. The van der Waals surface area contributed by atoms with Gasteiger partial charge in [-0.1, -0.05) is 6.92 Å². The van der Waals surface area contributed by atoms with Crippen LogP contribution < -0.4 is 0 Å². The van der Waals surface area contributed by atoms with E-state index in [4.69, 9.17) is 0 Å². The van der Waals surface area contributed by atoms with Crippen LogP contribution in [0.1, 0.15) is 12.6 Å². The lowest BCUT2D eigenvalue weighted by atomic mass is 10.3. The minimum absolute atomic E-state index is 0.00436. The highest BCUT2D eigenvalue weighted by Gasteiger charge is 2.33. The van der Waals surface area contributed by atoms with E-state index in [1.54, 1.807) is 18.3 Å². The van der Waals surface area contributed by atoms with Crippen LogP contribution in [-0.2, 0) is 16.0 Å². The second-order valence-corrected chi connectivity index (χ2v) is 9.03. The van der Waals surface area contributed by atoms with Crippen molar-refractivity contribution in [2.75, 3.05) is 5.75 Å². The van der Waals surface area contributed by atoms with Gasteiger partial charge in [-0.2, -0.15) is 18.3 Å². The molecule has 4 rings (SSSR count). The first kappa shape index (κ1) is 18.9. The molecule has 0 unspecified atom stereocenters. The summed E-state index contributed by atoms with van der Waals surface area (Å²) in [7, 11) is -3.72. The van der Waals surface area contributed by atoms with E-state index in [0.717, 1.165) is 16.9 Å². The molecule has 0 aliphatic carbocycles. The van der Waals surface area contributed by atoms with Crippen molar-refractivity contribution < 1.29 is 21.6 Å². The highest BCUT2D eigenvalue weighted by Crippen LogP contribution is 2.30. The molecule has 4 aromatic heterocycles. The number of imidazole rings is 1. The molecule has 0 N–H and O–H groups in total. The summed E-state index contributed by atoms with van der Waals surface area (Å²) in [5.41, 5.74) is -0.690. The van der Waals surface area contributed by atoms with Gasteiger partial charge in [-0.25, -0.2) is 18.1 Å². The summed E-state index contributed by atoms with van der Waals surface area (Å²) in [6.45, 7) is 1.50. The fourth-order valence-corrected chi connectivity index (χ4v) is 4.21. The van der Waals surface area contributed by atoms with Gasteiger partial charge in [-0.3, -0.25) is 9.38 Å². The van der Waals surface area contributed by atoms with Crippen molar-refractivity contribution in [3.05, 3.63) is 47.0 Å². The van der Waals surface area contributed by atoms with Crippen molar-refractivity contribution in [1.82, 2.24) is 24.1 Å². The van der Waals surface area contributed by atoms with Gasteiger partial charge >= 0.3 is 6.18 Å². The van der Waals surface area contributed by atoms with Crippen LogP contribution in [0.5, 0.6) is 0 Å². The van der Waals surface area contributed by atoms with E-state index in [1.165, 1.54) is 17.5 Å². The molecule has 12 heteroatoms. The molecule has 0 saturated heterocycles. The van der Waals surface area contributed by atoms with Gasteiger partial charge in [0.05, 0.1) is 11.3 Å². The Balaban J connectivity index is 2.00. The molecule has 4 heterocycles. The Labute approximate surface area is 164 Å². The molecule has 0 amide bonds. The minimum atomic E-state index is -4.61. The molecule has 0 spiro atoms. The van der Waals surface area contributed by atoms with Gasteiger partial charge in [0.25, 0.3) is 0 Å². The van der Waals surface area contributed by atoms with Crippen molar-refractivity contribution >= 4 is 42.3 Å². The van der Waals surface area contributed by atoms with Crippen molar-refractivity contribution in [3.8, 4) is 5.82 Å². The summed E-state index contributed by atoms with van der Waals surface area (Å²) in [4.78, 5) is 7.72. The number of aromatic nitrogens is 5. The van der Waals surface area contributed by atoms with Crippen LogP contribution in [0.15, 0.2) is 46.3 Å². The molecule has 0 aromatic carbocycles. The smallest absolute Gasteiger partial charge is 0.287 e. The van der Waals surface area contributed by atoms with Crippen LogP contribution >= 0.6 is 15.9 Å². The van der Waals surface area contributed by atoms with E-state index in [1.807, 2.05) is 0 Å². The average Bonchev–Trinajstić information content (AvgIpc) is 3.21. The quantitative estimate of drug-likeness (QED) is 0.453. The SMILES string of the molecule is CCS(=O)(=O)c1c(-n2cc3cnc(C(F)(F)F)cc3n2)nc2ccc(Br)cn12. The zero-order valence-corrected chi connectivity index (χ0v) is 16.5. The summed E-state index contributed by atoms with van der Waals surface area (Å²) in [5.74, 6) is -0.175. The van der Waals surface area contributed by atoms with Crippen molar-refractivity contribution in [1.29, 1.82) is 0 Å². The van der Waals surface area contributed by atoms with E-state index in [9.17, 15) is 21.6 Å². The van der Waals surface area contributed by atoms with Crippen LogP contribution in [-0.4, -0.2) is 38.3 Å². The number of rotatable bonds is 3. The van der Waals surface area contributed by atoms with Gasteiger partial charge < -0.3 is 0 Å². The maximum Gasteiger partial charge on any atom is 0.433 e. The molecule has 0 aliphatic heterocycles. The molecule has 146 valence electrons. The van der Waals surface area contributed by atoms with Gasteiger partial charge in [0, 0.05) is 28.4 Å². The number of hydrogen-bond acceptors (Lipinski definition) is 5. The van der Waals surface area contributed by atoms with E-state index in [-0.39, 0.29) is 22.1 Å². The Kier molecular flexibility index (Phi) is 4.23. The zero-order valence-electron chi connectivity index (χ0n) is 14.1. The lowest BCUT2D eigenvalue weighted by molar-refractivity contribution is -0.141. The van der Waals surface area contributed by atoms with Gasteiger partial charge in [-0.15, -0.1) is 0 Å². The predicted octanol–water partition coefficient (Wildman–Crippen LogP) is 3.64. The predicted molar refractivity (Wildman–Crippen MR) is 98.0 cm³/mol. The number of pyridine rings is 2. The average molecular weight is 474 g/mol. The highest BCUT2D eigenvalue weighted by molar-refractivity contribution is 9.10. The highest BCUT2D eigenvalue weighted by atomic mass is 79.9. The first-order chi connectivity index (χ1) is 13.1. The van der Waals surface area contributed by atoms with Gasteiger partial charge in [0.15, 0.2) is 20.7 Å². The number of hydrogen-bond donors (Lipinski definition) is 0. The van der Waals surface area contributed by atoms with E-state index in [2.05, 4.69) is 31.0 Å². The number of halogens is 4. The fraction of sp³-hybridized carbons (Fsp3) is 0.188. The third-order valence-corrected chi connectivity index (χ3v) is 6.29. The Hall–Kier alpha value is -2.47. The number of nitrogens with zero attached hydrogens (tertiary/aromatic N) is 5. The molecule has 28 heavy (non-hydrogen) atoms. The molecule has 0 saturated carbocycles. The first-order valence-corrected chi connectivity index (χ1v) is 10.4. The standard InChI is InChI=1S/C16H11BrF3N5O2S/c1-2-28(26,27)15-14(22-13-4-3-10(17)8-24(13)15)25-7-9-6-21-12(16(18,19)20)5-11(9)23-25/h3-8H,2H2,1H3. The van der Waals surface area contributed by atoms with E-state index < -0.39 is 21.7 Å². The number of fused-ring (bicyclic) bond motifs is 2. The summed E-state index contributed by atoms with van der Waals surface area (Å²) >= 11 is 3.29. The summed E-state index contributed by atoms with van der Waals surface area (Å²) in [5, 5.41) is 4.34. The maximum atomic E-state index is 12.9. The molecule has 0 bridgehead atoms.